The van der Waals surface area contributed by atoms with E-state index in [9.17, 15) is 18.0 Å². The number of carbonyl (C=O) groups excluding carboxylic acids is 1. The van der Waals surface area contributed by atoms with Crippen LogP contribution in [0.25, 0.3) is 0 Å². The first-order chi connectivity index (χ1) is 9.77. The molecule has 7 heteroatoms. The Balaban J connectivity index is 2.48. The standard InChI is InChI=1S/C14H17BrF3NO2/c1-13(9-15,11-5-3-2-4-6-11)19-12(20)7-8-21-10-14(16,17)18/h2-6H,7-10H2,1H3,(H,19,20). The number of halogens is 4. The van der Waals surface area contributed by atoms with E-state index < -0.39 is 18.3 Å². The number of hydrogen-bond donors (Lipinski definition) is 1. The van der Waals surface area contributed by atoms with Crippen molar-refractivity contribution < 1.29 is 22.7 Å². The fourth-order valence-corrected chi connectivity index (χ4v) is 2.18. The Morgan fingerprint density at radius 3 is 2.43 bits per heavy atom. The van der Waals surface area contributed by atoms with Crippen molar-refractivity contribution in [2.75, 3.05) is 18.5 Å². The maximum Gasteiger partial charge on any atom is 0.411 e. The van der Waals surface area contributed by atoms with Gasteiger partial charge in [-0.1, -0.05) is 46.3 Å². The maximum atomic E-state index is 11.9. The highest BCUT2D eigenvalue weighted by molar-refractivity contribution is 9.09. The Hall–Kier alpha value is -1.08. The van der Waals surface area contributed by atoms with Crippen LogP contribution in [0.1, 0.15) is 18.9 Å². The van der Waals surface area contributed by atoms with E-state index in [1.54, 1.807) is 0 Å². The number of ether oxygens (including phenoxy) is 1. The van der Waals surface area contributed by atoms with Crippen LogP contribution in [-0.2, 0) is 15.1 Å². The molecule has 1 amide bonds. The maximum absolute atomic E-state index is 11.9. The van der Waals surface area contributed by atoms with Gasteiger partial charge < -0.3 is 10.1 Å². The smallest absolute Gasteiger partial charge is 0.372 e. The van der Waals surface area contributed by atoms with Crippen LogP contribution in [0.15, 0.2) is 30.3 Å². The van der Waals surface area contributed by atoms with Crippen LogP contribution in [0.4, 0.5) is 13.2 Å². The molecule has 0 aromatic heterocycles. The van der Waals surface area contributed by atoms with Crippen molar-refractivity contribution in [3.8, 4) is 0 Å². The average Bonchev–Trinajstić information content (AvgIpc) is 2.43. The largest absolute Gasteiger partial charge is 0.411 e. The molecule has 21 heavy (non-hydrogen) atoms. The third-order valence-electron chi connectivity index (χ3n) is 2.83. The molecule has 0 aliphatic carbocycles. The minimum atomic E-state index is -4.37. The van der Waals surface area contributed by atoms with Crippen LogP contribution in [0.3, 0.4) is 0 Å². The van der Waals surface area contributed by atoms with Crippen molar-refractivity contribution in [1.29, 1.82) is 0 Å². The normalized spacial score (nSPS) is 14.5. The van der Waals surface area contributed by atoms with Gasteiger partial charge in [0.1, 0.15) is 6.61 Å². The molecule has 0 saturated carbocycles. The molecule has 0 bridgehead atoms. The van der Waals surface area contributed by atoms with Crippen LogP contribution in [0.5, 0.6) is 0 Å². The molecule has 0 radical (unpaired) electrons. The molecule has 1 aromatic rings. The SMILES string of the molecule is CC(CBr)(NC(=O)CCOCC(F)(F)F)c1ccccc1. The first kappa shape index (κ1) is 18.0. The molecule has 0 aliphatic heterocycles. The highest BCUT2D eigenvalue weighted by Gasteiger charge is 2.29. The molecule has 1 aromatic carbocycles. The summed E-state index contributed by atoms with van der Waals surface area (Å²) in [6.07, 6.45) is -4.49. The molecule has 3 nitrogen and oxygen atoms in total. The summed E-state index contributed by atoms with van der Waals surface area (Å²) in [6, 6.07) is 9.33. The molecule has 1 atom stereocenters. The Kier molecular flexibility index (Phi) is 6.67. The Morgan fingerprint density at radius 2 is 1.90 bits per heavy atom. The Bertz CT molecular complexity index is 453. The second-order valence-corrected chi connectivity index (χ2v) is 5.36. The summed E-state index contributed by atoms with van der Waals surface area (Å²) in [4.78, 5) is 11.8. The Labute approximate surface area is 130 Å². The van der Waals surface area contributed by atoms with E-state index in [1.165, 1.54) is 0 Å². The average molecular weight is 368 g/mol. The van der Waals surface area contributed by atoms with Gasteiger partial charge in [-0.15, -0.1) is 0 Å². The van der Waals surface area contributed by atoms with Gasteiger partial charge in [0.2, 0.25) is 5.91 Å². The molecule has 1 unspecified atom stereocenters. The molecule has 118 valence electrons. The van der Waals surface area contributed by atoms with Crippen LogP contribution < -0.4 is 5.32 Å². The minimum absolute atomic E-state index is 0.120. The van der Waals surface area contributed by atoms with Crippen molar-refractivity contribution in [3.63, 3.8) is 0 Å². The van der Waals surface area contributed by atoms with Crippen LogP contribution >= 0.6 is 15.9 Å². The number of alkyl halides is 4. The number of amides is 1. The number of carbonyl (C=O) groups is 1. The lowest BCUT2D eigenvalue weighted by molar-refractivity contribution is -0.174. The summed E-state index contributed by atoms with van der Waals surface area (Å²) in [5.74, 6) is -0.358. The molecule has 1 N–H and O–H groups in total. The van der Waals surface area contributed by atoms with E-state index in [2.05, 4.69) is 26.0 Å². The van der Waals surface area contributed by atoms with Gasteiger partial charge in [-0.3, -0.25) is 4.79 Å². The number of nitrogens with one attached hydrogen (secondary N) is 1. The molecule has 0 saturated heterocycles. The second-order valence-electron chi connectivity index (χ2n) is 4.80. The van der Waals surface area contributed by atoms with E-state index in [-0.39, 0.29) is 18.9 Å². The zero-order valence-corrected chi connectivity index (χ0v) is 13.1. The zero-order valence-electron chi connectivity index (χ0n) is 11.5. The van der Waals surface area contributed by atoms with Crippen molar-refractivity contribution >= 4 is 21.8 Å². The van der Waals surface area contributed by atoms with Gasteiger partial charge in [-0.2, -0.15) is 13.2 Å². The Morgan fingerprint density at radius 1 is 1.29 bits per heavy atom. The molecule has 1 rings (SSSR count). The highest BCUT2D eigenvalue weighted by atomic mass is 79.9. The van der Waals surface area contributed by atoms with E-state index in [0.717, 1.165) is 5.56 Å². The van der Waals surface area contributed by atoms with Crippen molar-refractivity contribution in [2.24, 2.45) is 0 Å². The zero-order chi connectivity index (χ0) is 15.9. The monoisotopic (exact) mass is 367 g/mol. The van der Waals surface area contributed by atoms with Crippen molar-refractivity contribution in [3.05, 3.63) is 35.9 Å². The van der Waals surface area contributed by atoms with E-state index in [4.69, 9.17) is 0 Å². The minimum Gasteiger partial charge on any atom is -0.372 e. The molecular weight excluding hydrogens is 351 g/mol. The lowest BCUT2D eigenvalue weighted by Gasteiger charge is -2.29. The van der Waals surface area contributed by atoms with Gasteiger partial charge in [0.25, 0.3) is 0 Å². The van der Waals surface area contributed by atoms with Gasteiger partial charge >= 0.3 is 6.18 Å². The quantitative estimate of drug-likeness (QED) is 0.592. The van der Waals surface area contributed by atoms with Gasteiger partial charge in [0.15, 0.2) is 0 Å². The lowest BCUT2D eigenvalue weighted by atomic mass is 9.94. The van der Waals surface area contributed by atoms with Crippen LogP contribution in [-0.4, -0.2) is 30.6 Å². The summed E-state index contributed by atoms with van der Waals surface area (Å²) in [5, 5.41) is 3.30. The predicted octanol–water partition coefficient (Wildman–Crippen LogP) is 3.38. The fourth-order valence-electron chi connectivity index (χ4n) is 1.71. The summed E-state index contributed by atoms with van der Waals surface area (Å²) in [5.41, 5.74) is 0.286. The van der Waals surface area contributed by atoms with Gasteiger partial charge in [0, 0.05) is 11.8 Å². The molecule has 0 fully saturated rings. The molecule has 0 heterocycles. The van der Waals surface area contributed by atoms with Gasteiger partial charge in [0.05, 0.1) is 12.1 Å². The van der Waals surface area contributed by atoms with E-state index in [0.29, 0.717) is 5.33 Å². The first-order valence-electron chi connectivity index (χ1n) is 6.34. The third kappa shape index (κ3) is 6.48. The summed E-state index contributed by atoms with van der Waals surface area (Å²) < 4.78 is 40.1. The van der Waals surface area contributed by atoms with Crippen molar-refractivity contribution in [1.82, 2.24) is 5.32 Å². The van der Waals surface area contributed by atoms with Crippen LogP contribution in [0, 0.1) is 0 Å². The second kappa shape index (κ2) is 7.79. The summed E-state index contributed by atoms with van der Waals surface area (Å²) >= 11 is 3.35. The van der Waals surface area contributed by atoms with Crippen LogP contribution in [0.2, 0.25) is 0 Å². The van der Waals surface area contributed by atoms with Gasteiger partial charge in [-0.05, 0) is 12.5 Å². The predicted molar refractivity (Wildman–Crippen MR) is 77.2 cm³/mol. The summed E-state index contributed by atoms with van der Waals surface area (Å²) in [6.45, 7) is 0.235. The number of hydrogen-bond acceptors (Lipinski definition) is 2. The molecule has 0 spiro atoms. The first-order valence-corrected chi connectivity index (χ1v) is 7.46. The number of rotatable bonds is 7. The summed E-state index contributed by atoms with van der Waals surface area (Å²) in [7, 11) is 0. The van der Waals surface area contributed by atoms with Gasteiger partial charge in [-0.25, -0.2) is 0 Å². The fraction of sp³-hybridized carbons (Fsp3) is 0.500. The molecular formula is C14H17BrF3NO2. The van der Waals surface area contributed by atoms with Crippen molar-refractivity contribution in [2.45, 2.75) is 25.1 Å². The van der Waals surface area contributed by atoms with E-state index in [1.807, 2.05) is 37.3 Å². The van der Waals surface area contributed by atoms with E-state index >= 15 is 0 Å². The topological polar surface area (TPSA) is 38.3 Å². The molecule has 0 aliphatic rings. The lowest BCUT2D eigenvalue weighted by Crippen LogP contribution is -2.45. The number of benzene rings is 1. The highest BCUT2D eigenvalue weighted by Crippen LogP contribution is 2.23. The third-order valence-corrected chi connectivity index (χ3v) is 3.95.